The van der Waals surface area contributed by atoms with Crippen LogP contribution in [0.4, 0.5) is 0 Å². The summed E-state index contributed by atoms with van der Waals surface area (Å²) in [5.41, 5.74) is 3.16. The summed E-state index contributed by atoms with van der Waals surface area (Å²) in [6, 6.07) is 13.7. The van der Waals surface area contributed by atoms with Crippen molar-refractivity contribution in [2.24, 2.45) is 5.90 Å². The molecule has 0 radical (unpaired) electrons. The van der Waals surface area contributed by atoms with Crippen LogP contribution in [0.1, 0.15) is 15.9 Å². The van der Waals surface area contributed by atoms with E-state index < -0.39 is 5.97 Å². The molecule has 0 spiro atoms. The Morgan fingerprint density at radius 2 is 1.93 bits per heavy atom. The van der Waals surface area contributed by atoms with Gasteiger partial charge in [0.2, 0.25) is 0 Å². The van der Waals surface area contributed by atoms with Gasteiger partial charge in [-0.3, -0.25) is 4.90 Å². The maximum absolute atomic E-state index is 11.9. The Balaban J connectivity index is 1.61. The lowest BCUT2D eigenvalue weighted by molar-refractivity contribution is 0.0505. The van der Waals surface area contributed by atoms with Gasteiger partial charge >= 0.3 is 5.97 Å². The highest BCUT2D eigenvalue weighted by Crippen LogP contribution is 2.21. The van der Waals surface area contributed by atoms with Gasteiger partial charge in [0.15, 0.2) is 0 Å². The Bertz CT molecular complexity index is 960. The smallest absolute Gasteiger partial charge is 0.358 e. The molecular formula is C20H23N5O2. The standard InChI is InChI=1S/C20H23N5O2/c1-23-8-10-24(11-9-23)13-15-4-2-6-17(12-15)25-14-16-5-3-7-18(19(16)22-25)20(26)27-21/h2-7,12,14H,8-11,13,21H2,1H3. The number of nitrogens with zero attached hydrogens (tertiary/aromatic N) is 4. The summed E-state index contributed by atoms with van der Waals surface area (Å²) in [7, 11) is 2.16. The molecule has 2 heterocycles. The zero-order valence-electron chi connectivity index (χ0n) is 15.3. The van der Waals surface area contributed by atoms with E-state index in [0.717, 1.165) is 43.8 Å². The first-order chi connectivity index (χ1) is 13.1. The number of fused-ring (bicyclic) bond motifs is 1. The predicted octanol–water partition coefficient (Wildman–Crippen LogP) is 1.80. The monoisotopic (exact) mass is 365 g/mol. The molecular weight excluding hydrogens is 342 g/mol. The summed E-state index contributed by atoms with van der Waals surface area (Å²) in [6.45, 7) is 5.29. The average molecular weight is 365 g/mol. The van der Waals surface area contributed by atoms with Crippen molar-refractivity contribution in [2.75, 3.05) is 33.2 Å². The van der Waals surface area contributed by atoms with Crippen LogP contribution >= 0.6 is 0 Å². The highest BCUT2D eigenvalue weighted by Gasteiger charge is 2.16. The number of aromatic nitrogens is 2. The summed E-state index contributed by atoms with van der Waals surface area (Å²) >= 11 is 0. The molecule has 140 valence electrons. The number of carbonyl (C=O) groups excluding carboxylic acids is 1. The molecule has 2 N–H and O–H groups in total. The van der Waals surface area contributed by atoms with Crippen molar-refractivity contribution in [3.63, 3.8) is 0 Å². The lowest BCUT2D eigenvalue weighted by Gasteiger charge is -2.32. The molecule has 1 aromatic heterocycles. The molecule has 7 heteroatoms. The van der Waals surface area contributed by atoms with E-state index in [2.05, 4.69) is 38.9 Å². The number of hydrogen-bond acceptors (Lipinski definition) is 6. The highest BCUT2D eigenvalue weighted by molar-refractivity contribution is 6.02. The third-order valence-electron chi connectivity index (χ3n) is 5.04. The van der Waals surface area contributed by atoms with Crippen molar-refractivity contribution in [1.29, 1.82) is 0 Å². The van der Waals surface area contributed by atoms with E-state index >= 15 is 0 Å². The predicted molar refractivity (Wildman–Crippen MR) is 103 cm³/mol. The van der Waals surface area contributed by atoms with Crippen LogP contribution in [0.15, 0.2) is 48.7 Å². The summed E-state index contributed by atoms with van der Waals surface area (Å²) in [4.78, 5) is 21.1. The van der Waals surface area contributed by atoms with Gasteiger partial charge in [-0.05, 0) is 30.8 Å². The Hall–Kier alpha value is -2.74. The molecule has 1 saturated heterocycles. The zero-order chi connectivity index (χ0) is 18.8. The molecule has 4 rings (SSSR count). The van der Waals surface area contributed by atoms with Crippen molar-refractivity contribution in [1.82, 2.24) is 19.6 Å². The van der Waals surface area contributed by atoms with Gasteiger partial charge in [0.05, 0.1) is 11.3 Å². The Morgan fingerprint density at radius 3 is 2.70 bits per heavy atom. The van der Waals surface area contributed by atoms with Crippen LogP contribution in [0.25, 0.3) is 16.6 Å². The molecule has 0 atom stereocenters. The van der Waals surface area contributed by atoms with Gasteiger partial charge in [-0.1, -0.05) is 24.3 Å². The lowest BCUT2D eigenvalue weighted by atomic mass is 10.1. The highest BCUT2D eigenvalue weighted by atomic mass is 16.7. The molecule has 3 aromatic rings. The first kappa shape index (κ1) is 17.7. The summed E-state index contributed by atoms with van der Waals surface area (Å²) < 4.78 is 1.80. The van der Waals surface area contributed by atoms with Crippen LogP contribution in [0.3, 0.4) is 0 Å². The van der Waals surface area contributed by atoms with Crippen molar-refractivity contribution in [2.45, 2.75) is 6.54 Å². The van der Waals surface area contributed by atoms with Crippen molar-refractivity contribution < 1.29 is 9.63 Å². The van der Waals surface area contributed by atoms with E-state index in [1.807, 2.05) is 24.4 Å². The quantitative estimate of drug-likeness (QED) is 0.711. The average Bonchev–Trinajstić information content (AvgIpc) is 3.14. The SMILES string of the molecule is CN1CCN(Cc2cccc(-n3cc4cccc(C(=O)ON)c4n3)c2)CC1. The van der Waals surface area contributed by atoms with Gasteiger partial charge in [-0.15, -0.1) is 0 Å². The fourth-order valence-electron chi connectivity index (χ4n) is 3.47. The second-order valence-electron chi connectivity index (χ2n) is 6.97. The number of likely N-dealkylation sites (N-methyl/N-ethyl adjacent to an activating group) is 1. The van der Waals surface area contributed by atoms with Gasteiger partial charge in [0, 0.05) is 44.3 Å². The van der Waals surface area contributed by atoms with E-state index in [0.29, 0.717) is 11.1 Å². The van der Waals surface area contributed by atoms with Crippen molar-refractivity contribution >= 4 is 16.9 Å². The number of rotatable bonds is 4. The molecule has 0 bridgehead atoms. The molecule has 0 amide bonds. The summed E-state index contributed by atoms with van der Waals surface area (Å²) in [6.07, 6.45) is 1.91. The Morgan fingerprint density at radius 1 is 1.15 bits per heavy atom. The molecule has 27 heavy (non-hydrogen) atoms. The van der Waals surface area contributed by atoms with Gasteiger partial charge in [-0.25, -0.2) is 9.48 Å². The number of hydrogen-bond donors (Lipinski definition) is 1. The molecule has 0 aliphatic carbocycles. The van der Waals surface area contributed by atoms with Crippen LogP contribution in [-0.4, -0.2) is 58.8 Å². The second-order valence-corrected chi connectivity index (χ2v) is 6.97. The van der Waals surface area contributed by atoms with E-state index in [9.17, 15) is 4.79 Å². The Kier molecular flexibility index (Phi) is 4.89. The van der Waals surface area contributed by atoms with E-state index in [4.69, 9.17) is 5.90 Å². The van der Waals surface area contributed by atoms with Gasteiger partial charge in [0.1, 0.15) is 5.52 Å². The lowest BCUT2D eigenvalue weighted by Crippen LogP contribution is -2.43. The van der Waals surface area contributed by atoms with Crippen LogP contribution in [0.2, 0.25) is 0 Å². The van der Waals surface area contributed by atoms with Crippen molar-refractivity contribution in [3.8, 4) is 5.69 Å². The number of nitrogens with two attached hydrogens (primary N) is 1. The molecule has 1 aliphatic heterocycles. The third kappa shape index (κ3) is 3.71. The maximum atomic E-state index is 11.9. The van der Waals surface area contributed by atoms with Gasteiger partial charge in [0.25, 0.3) is 0 Å². The normalized spacial score (nSPS) is 15.9. The molecule has 0 unspecified atom stereocenters. The van der Waals surface area contributed by atoms with Crippen molar-refractivity contribution in [3.05, 3.63) is 59.8 Å². The number of piperazine rings is 1. The van der Waals surface area contributed by atoms with E-state index in [1.165, 1.54) is 5.56 Å². The zero-order valence-corrected chi connectivity index (χ0v) is 15.3. The van der Waals surface area contributed by atoms with Crippen LogP contribution in [-0.2, 0) is 11.4 Å². The van der Waals surface area contributed by atoms with Crippen LogP contribution < -0.4 is 5.90 Å². The van der Waals surface area contributed by atoms with Crippen LogP contribution in [0.5, 0.6) is 0 Å². The molecule has 1 fully saturated rings. The van der Waals surface area contributed by atoms with E-state index in [1.54, 1.807) is 16.8 Å². The minimum Gasteiger partial charge on any atom is -0.370 e. The largest absolute Gasteiger partial charge is 0.370 e. The van der Waals surface area contributed by atoms with Crippen LogP contribution in [0, 0.1) is 0 Å². The Labute approximate surface area is 157 Å². The van der Waals surface area contributed by atoms with Gasteiger partial charge in [-0.2, -0.15) is 11.0 Å². The molecule has 1 aliphatic rings. The minimum atomic E-state index is -0.588. The van der Waals surface area contributed by atoms with Gasteiger partial charge < -0.3 is 9.74 Å². The molecule has 0 saturated carbocycles. The fraction of sp³-hybridized carbons (Fsp3) is 0.300. The molecule has 2 aromatic carbocycles. The number of benzene rings is 2. The maximum Gasteiger partial charge on any atom is 0.358 e. The number of carbonyl (C=O) groups is 1. The first-order valence-corrected chi connectivity index (χ1v) is 9.04. The first-order valence-electron chi connectivity index (χ1n) is 9.04. The minimum absolute atomic E-state index is 0.363. The van der Waals surface area contributed by atoms with E-state index in [-0.39, 0.29) is 0 Å². The third-order valence-corrected chi connectivity index (χ3v) is 5.04. The summed E-state index contributed by atoms with van der Waals surface area (Å²) in [5.74, 6) is 4.45. The fourth-order valence-corrected chi connectivity index (χ4v) is 3.47. The molecule has 7 nitrogen and oxygen atoms in total. The second kappa shape index (κ2) is 7.48. The summed E-state index contributed by atoms with van der Waals surface area (Å²) in [5, 5.41) is 5.45. The topological polar surface area (TPSA) is 76.6 Å².